The van der Waals surface area contributed by atoms with Crippen LogP contribution in [0.2, 0.25) is 0 Å². The maximum atomic E-state index is 17.1. The molecule has 0 radical (unpaired) electrons. The van der Waals surface area contributed by atoms with Gasteiger partial charge in [0.1, 0.15) is 34.2 Å². The van der Waals surface area contributed by atoms with Gasteiger partial charge in [0.2, 0.25) is 0 Å². The average Bonchev–Trinajstić information content (AvgIpc) is 3.38. The van der Waals surface area contributed by atoms with Gasteiger partial charge in [-0.3, -0.25) is 9.88 Å². The molecule has 2 aromatic carbocycles. The Morgan fingerprint density at radius 2 is 1.80 bits per heavy atom. The van der Waals surface area contributed by atoms with Crippen molar-refractivity contribution in [3.63, 3.8) is 0 Å². The summed E-state index contributed by atoms with van der Waals surface area (Å²) in [6.07, 6.45) is 10.5. The molecule has 3 fully saturated rings. The number of piperidine rings is 1. The molecule has 11 nitrogen and oxygen atoms in total. The van der Waals surface area contributed by atoms with Crippen LogP contribution in [0.25, 0.3) is 32.9 Å². The summed E-state index contributed by atoms with van der Waals surface area (Å²) in [6, 6.07) is 5.92. The molecule has 1 amide bonds. The average molecular weight is 701 g/mol. The third kappa shape index (κ3) is 6.95. The third-order valence-corrected chi connectivity index (χ3v) is 9.72. The molecule has 3 saturated heterocycles. The summed E-state index contributed by atoms with van der Waals surface area (Å²) in [7, 11) is 1.49. The van der Waals surface area contributed by atoms with E-state index in [1.165, 1.54) is 19.4 Å². The topological polar surface area (TPSA) is 111 Å². The second-order valence-electron chi connectivity index (χ2n) is 14.4. The molecule has 0 aliphatic carbocycles. The van der Waals surface area contributed by atoms with Crippen molar-refractivity contribution in [3.05, 3.63) is 47.7 Å². The maximum absolute atomic E-state index is 17.1. The Balaban J connectivity index is 1.33. The van der Waals surface area contributed by atoms with E-state index in [9.17, 15) is 4.79 Å². The number of hydrogen-bond donors (Lipinski definition) is 1. The molecular weight excluding hydrogens is 658 g/mol. The second-order valence-corrected chi connectivity index (χ2v) is 14.4. The molecule has 268 valence electrons. The van der Waals surface area contributed by atoms with Gasteiger partial charge in [-0.2, -0.15) is 9.97 Å². The van der Waals surface area contributed by atoms with Gasteiger partial charge < -0.3 is 29.2 Å². The number of nitrogens with zero attached hydrogens (tertiary/aromatic N) is 5. The Morgan fingerprint density at radius 3 is 2.49 bits per heavy atom. The van der Waals surface area contributed by atoms with E-state index in [1.54, 1.807) is 18.2 Å². The van der Waals surface area contributed by atoms with E-state index in [0.29, 0.717) is 53.3 Å². The van der Waals surface area contributed by atoms with E-state index < -0.39 is 17.2 Å². The number of ether oxygens (including phenoxy) is 4. The van der Waals surface area contributed by atoms with Gasteiger partial charge in [-0.25, -0.2) is 13.6 Å². The summed E-state index contributed by atoms with van der Waals surface area (Å²) >= 11 is 0. The van der Waals surface area contributed by atoms with E-state index in [1.807, 2.05) is 25.7 Å². The zero-order chi connectivity index (χ0) is 35.9. The Morgan fingerprint density at radius 1 is 1.06 bits per heavy atom. The number of fused-ring (bicyclic) bond motifs is 4. The van der Waals surface area contributed by atoms with Gasteiger partial charge in [0.15, 0.2) is 12.6 Å². The fraction of sp³-hybridized carbons (Fsp3) is 0.474. The van der Waals surface area contributed by atoms with Gasteiger partial charge in [-0.05, 0) is 89.0 Å². The SMILES string of the molecule is C#Cc1c(F)ccc2cc(OCOC)cc(-c3ncc4c(N5C[C@H]6CC[C@@H](C5)N6C(=O)OC(C)(C)C)nc(OCC5CCNCC5)nc4c3F)c12. The number of nitrogens with one attached hydrogen (secondary N) is 1. The first-order valence-corrected chi connectivity index (χ1v) is 17.4. The molecule has 4 aromatic rings. The number of aromatic nitrogens is 3. The molecule has 7 rings (SSSR count). The molecule has 0 saturated carbocycles. The lowest BCUT2D eigenvalue weighted by Gasteiger charge is -2.42. The number of methoxy groups -OCH3 is 1. The number of carbonyl (C=O) groups excluding carboxylic acids is 1. The highest BCUT2D eigenvalue weighted by atomic mass is 19.1. The van der Waals surface area contributed by atoms with Crippen LogP contribution in [0.15, 0.2) is 30.5 Å². The van der Waals surface area contributed by atoms with E-state index in [-0.39, 0.29) is 53.3 Å². The van der Waals surface area contributed by atoms with Gasteiger partial charge in [0.25, 0.3) is 0 Å². The van der Waals surface area contributed by atoms with Crippen LogP contribution in [0, 0.1) is 29.9 Å². The molecule has 2 aromatic heterocycles. The molecule has 5 heterocycles. The molecular formula is C38H42F2N6O5. The lowest BCUT2D eigenvalue weighted by Crippen LogP contribution is -2.57. The number of rotatable bonds is 8. The summed E-state index contributed by atoms with van der Waals surface area (Å²) < 4.78 is 54.9. The quantitative estimate of drug-likeness (QED) is 0.172. The predicted molar refractivity (Wildman–Crippen MR) is 189 cm³/mol. The van der Waals surface area contributed by atoms with E-state index in [2.05, 4.69) is 26.1 Å². The fourth-order valence-electron chi connectivity index (χ4n) is 7.40. The minimum absolute atomic E-state index is 0.00209. The van der Waals surface area contributed by atoms with Crippen molar-refractivity contribution in [2.45, 2.75) is 64.1 Å². The van der Waals surface area contributed by atoms with Crippen molar-refractivity contribution in [2.75, 3.05) is 51.6 Å². The van der Waals surface area contributed by atoms with Crippen LogP contribution in [0.1, 0.15) is 52.0 Å². The van der Waals surface area contributed by atoms with Crippen molar-refractivity contribution in [1.82, 2.24) is 25.2 Å². The second kappa shape index (κ2) is 14.1. The highest BCUT2D eigenvalue weighted by Gasteiger charge is 2.45. The zero-order valence-electron chi connectivity index (χ0n) is 29.3. The molecule has 0 unspecified atom stereocenters. The molecule has 51 heavy (non-hydrogen) atoms. The lowest BCUT2D eigenvalue weighted by atomic mass is 9.95. The van der Waals surface area contributed by atoms with Gasteiger partial charge >= 0.3 is 12.1 Å². The standard InChI is InChI=1S/C38H42F2N6O5/c1-6-27-30(39)10-7-23-15-26(50-21-48-5)16-28(31(23)27)33-32(40)34-29(17-42-33)35(44-36(43-34)49-20-22-11-13-41-14-12-22)45-18-24-8-9-25(19-45)46(24)37(47)51-38(2,3)4/h1,7,10,15-17,22,24-25,41H,8-9,11-14,18-21H2,2-5H3/t24-,25+. The summed E-state index contributed by atoms with van der Waals surface area (Å²) in [6.45, 7) is 8.62. The van der Waals surface area contributed by atoms with Gasteiger partial charge in [-0.15, -0.1) is 6.42 Å². The van der Waals surface area contributed by atoms with Gasteiger partial charge in [0.05, 0.1) is 29.6 Å². The van der Waals surface area contributed by atoms with Crippen molar-refractivity contribution >= 4 is 33.6 Å². The zero-order valence-corrected chi connectivity index (χ0v) is 29.3. The number of hydrogen-bond acceptors (Lipinski definition) is 10. The van der Waals surface area contributed by atoms with Crippen molar-refractivity contribution in [3.8, 4) is 35.4 Å². The van der Waals surface area contributed by atoms with Crippen molar-refractivity contribution < 1.29 is 32.5 Å². The molecule has 3 aliphatic heterocycles. The predicted octanol–water partition coefficient (Wildman–Crippen LogP) is 6.05. The Bertz CT molecular complexity index is 1990. The van der Waals surface area contributed by atoms with Crippen molar-refractivity contribution in [1.29, 1.82) is 0 Å². The summed E-state index contributed by atoms with van der Waals surface area (Å²) in [5.41, 5.74) is -0.476. The fourth-order valence-corrected chi connectivity index (χ4v) is 7.40. The van der Waals surface area contributed by atoms with Crippen LogP contribution < -0.4 is 19.7 Å². The normalized spacial score (nSPS) is 19.4. The highest BCUT2D eigenvalue weighted by Crippen LogP contribution is 2.41. The number of carbonyl (C=O) groups is 1. The molecule has 2 bridgehead atoms. The van der Waals surface area contributed by atoms with E-state index in [0.717, 1.165) is 38.8 Å². The molecule has 0 spiro atoms. The number of benzene rings is 2. The van der Waals surface area contributed by atoms with Crippen LogP contribution in [-0.4, -0.2) is 90.3 Å². The Hall–Kier alpha value is -4.80. The van der Waals surface area contributed by atoms with Crippen molar-refractivity contribution in [2.24, 2.45) is 5.92 Å². The van der Waals surface area contributed by atoms with Crippen LogP contribution >= 0.6 is 0 Å². The molecule has 3 aliphatic rings. The number of amides is 1. The Kier molecular flexibility index (Phi) is 9.56. The third-order valence-electron chi connectivity index (χ3n) is 9.72. The maximum Gasteiger partial charge on any atom is 0.410 e. The first-order valence-electron chi connectivity index (χ1n) is 17.4. The first kappa shape index (κ1) is 34.6. The minimum Gasteiger partial charge on any atom is -0.468 e. The van der Waals surface area contributed by atoms with E-state index in [4.69, 9.17) is 30.4 Å². The lowest BCUT2D eigenvalue weighted by molar-refractivity contribution is 0.0122. The summed E-state index contributed by atoms with van der Waals surface area (Å²) in [5, 5.41) is 4.60. The minimum atomic E-state index is -0.740. The number of terminal acetylenes is 1. The smallest absolute Gasteiger partial charge is 0.410 e. The van der Waals surface area contributed by atoms with Crippen LogP contribution in [0.5, 0.6) is 11.8 Å². The first-order chi connectivity index (χ1) is 24.5. The van der Waals surface area contributed by atoms with Crippen LogP contribution in [0.3, 0.4) is 0 Å². The van der Waals surface area contributed by atoms with Gasteiger partial charge in [-0.1, -0.05) is 12.0 Å². The number of pyridine rings is 1. The highest BCUT2D eigenvalue weighted by molar-refractivity contribution is 6.03. The summed E-state index contributed by atoms with van der Waals surface area (Å²) in [5.74, 6) is 2.21. The van der Waals surface area contributed by atoms with Crippen LogP contribution in [-0.2, 0) is 9.47 Å². The number of piperazine rings is 1. The summed E-state index contributed by atoms with van der Waals surface area (Å²) in [4.78, 5) is 31.2. The van der Waals surface area contributed by atoms with E-state index >= 15 is 8.78 Å². The molecule has 1 N–H and O–H groups in total. The van der Waals surface area contributed by atoms with Gasteiger partial charge in [0, 0.05) is 37.3 Å². The molecule has 13 heteroatoms. The number of halogens is 2. The largest absolute Gasteiger partial charge is 0.468 e. The monoisotopic (exact) mass is 700 g/mol. The Labute approximate surface area is 295 Å². The van der Waals surface area contributed by atoms with Crippen LogP contribution in [0.4, 0.5) is 19.4 Å². The molecule has 2 atom stereocenters. The number of anilines is 1.